The summed E-state index contributed by atoms with van der Waals surface area (Å²) in [7, 11) is 0. The van der Waals surface area contributed by atoms with Crippen molar-refractivity contribution in [2.24, 2.45) is 0 Å². The molecule has 100 valence electrons. The minimum absolute atomic E-state index is 0.760. The fourth-order valence-corrected chi connectivity index (χ4v) is 2.30. The lowest BCUT2D eigenvalue weighted by atomic mass is 10.1. The molecule has 0 aliphatic rings. The van der Waals surface area contributed by atoms with E-state index in [1.807, 2.05) is 36.4 Å². The molecular formula is C16H16BrClO. The maximum absolute atomic E-state index is 5.88. The first-order valence-corrected chi connectivity index (χ1v) is 7.84. The molecule has 0 fully saturated rings. The van der Waals surface area contributed by atoms with Gasteiger partial charge in [-0.3, -0.25) is 0 Å². The first kappa shape index (κ1) is 14.4. The third-order valence-corrected chi connectivity index (χ3v) is 3.64. The monoisotopic (exact) mass is 338 g/mol. The highest BCUT2D eigenvalue weighted by Crippen LogP contribution is 2.23. The molecule has 0 N–H and O–H groups in total. The molecular weight excluding hydrogens is 324 g/mol. The highest BCUT2D eigenvalue weighted by molar-refractivity contribution is 9.09. The first-order chi connectivity index (χ1) is 9.29. The Kier molecular flexibility index (Phi) is 5.74. The molecule has 0 unspecified atom stereocenters. The van der Waals surface area contributed by atoms with Gasteiger partial charge in [0.05, 0.1) is 6.61 Å². The predicted molar refractivity (Wildman–Crippen MR) is 85.4 cm³/mol. The van der Waals surface area contributed by atoms with E-state index in [0.717, 1.165) is 41.1 Å². The van der Waals surface area contributed by atoms with Gasteiger partial charge in [0.2, 0.25) is 0 Å². The van der Waals surface area contributed by atoms with E-state index in [4.69, 9.17) is 16.3 Å². The largest absolute Gasteiger partial charge is 0.494 e. The molecule has 1 nitrogen and oxygen atoms in total. The normalized spacial score (nSPS) is 10.4. The smallest absolute Gasteiger partial charge is 0.119 e. The Morgan fingerprint density at radius 3 is 2.00 bits per heavy atom. The quantitative estimate of drug-likeness (QED) is 0.494. The lowest BCUT2D eigenvalue weighted by Gasteiger charge is -2.07. The van der Waals surface area contributed by atoms with Gasteiger partial charge in [0.1, 0.15) is 5.75 Å². The molecule has 0 radical (unpaired) electrons. The van der Waals surface area contributed by atoms with Crippen molar-refractivity contribution in [2.75, 3.05) is 11.9 Å². The summed E-state index contributed by atoms with van der Waals surface area (Å²) in [5, 5.41) is 1.79. The lowest BCUT2D eigenvalue weighted by Crippen LogP contribution is -1.97. The molecule has 0 saturated carbocycles. The average Bonchev–Trinajstić information content (AvgIpc) is 2.45. The number of ether oxygens (including phenoxy) is 1. The van der Waals surface area contributed by atoms with Gasteiger partial charge >= 0.3 is 0 Å². The standard InChI is InChI=1S/C16H16BrClO/c17-11-1-2-12-19-16-9-5-14(6-10-16)13-3-7-15(18)8-4-13/h3-10H,1-2,11-12H2. The second-order valence-electron chi connectivity index (χ2n) is 4.28. The van der Waals surface area contributed by atoms with Crippen LogP contribution >= 0.6 is 27.5 Å². The minimum atomic E-state index is 0.760. The minimum Gasteiger partial charge on any atom is -0.494 e. The van der Waals surface area contributed by atoms with Gasteiger partial charge in [-0.05, 0) is 48.2 Å². The zero-order valence-corrected chi connectivity index (χ0v) is 13.0. The molecule has 19 heavy (non-hydrogen) atoms. The highest BCUT2D eigenvalue weighted by atomic mass is 79.9. The predicted octanol–water partition coefficient (Wildman–Crippen LogP) is 5.56. The summed E-state index contributed by atoms with van der Waals surface area (Å²) in [5.41, 5.74) is 2.33. The number of benzene rings is 2. The molecule has 0 atom stereocenters. The summed E-state index contributed by atoms with van der Waals surface area (Å²) in [6.45, 7) is 0.770. The van der Waals surface area contributed by atoms with E-state index < -0.39 is 0 Å². The summed E-state index contributed by atoms with van der Waals surface area (Å²) in [4.78, 5) is 0. The van der Waals surface area contributed by atoms with Crippen LogP contribution in [0.15, 0.2) is 48.5 Å². The molecule has 0 heterocycles. The zero-order valence-electron chi connectivity index (χ0n) is 10.6. The molecule has 0 bridgehead atoms. The number of hydrogen-bond donors (Lipinski definition) is 0. The average molecular weight is 340 g/mol. The van der Waals surface area contributed by atoms with E-state index in [2.05, 4.69) is 28.1 Å². The van der Waals surface area contributed by atoms with Gasteiger partial charge in [-0.1, -0.05) is 51.8 Å². The van der Waals surface area contributed by atoms with Crippen LogP contribution in [0.5, 0.6) is 5.75 Å². The molecule has 0 aliphatic heterocycles. The Labute approximate surface area is 127 Å². The zero-order chi connectivity index (χ0) is 13.5. The number of alkyl halides is 1. The summed E-state index contributed by atoms with van der Waals surface area (Å²) in [6.07, 6.45) is 2.22. The topological polar surface area (TPSA) is 9.23 Å². The molecule has 3 heteroatoms. The van der Waals surface area contributed by atoms with Gasteiger partial charge in [-0.25, -0.2) is 0 Å². The van der Waals surface area contributed by atoms with Crippen LogP contribution in [-0.2, 0) is 0 Å². The Balaban J connectivity index is 1.96. The van der Waals surface area contributed by atoms with E-state index in [1.165, 1.54) is 5.56 Å². The van der Waals surface area contributed by atoms with Crippen molar-refractivity contribution in [3.63, 3.8) is 0 Å². The van der Waals surface area contributed by atoms with Crippen LogP contribution in [0.3, 0.4) is 0 Å². The number of hydrogen-bond acceptors (Lipinski definition) is 1. The van der Waals surface area contributed by atoms with Gasteiger partial charge in [0, 0.05) is 10.4 Å². The van der Waals surface area contributed by atoms with Crippen LogP contribution in [0.4, 0.5) is 0 Å². The van der Waals surface area contributed by atoms with Crippen LogP contribution < -0.4 is 4.74 Å². The van der Waals surface area contributed by atoms with Crippen molar-refractivity contribution in [3.05, 3.63) is 53.6 Å². The van der Waals surface area contributed by atoms with Crippen LogP contribution in [0, 0.1) is 0 Å². The van der Waals surface area contributed by atoms with Crippen molar-refractivity contribution in [1.29, 1.82) is 0 Å². The molecule has 2 aromatic rings. The van der Waals surface area contributed by atoms with Gasteiger partial charge < -0.3 is 4.74 Å². The van der Waals surface area contributed by atoms with Gasteiger partial charge in [-0.15, -0.1) is 0 Å². The Bertz CT molecular complexity index is 493. The van der Waals surface area contributed by atoms with Crippen LogP contribution in [0.25, 0.3) is 11.1 Å². The van der Waals surface area contributed by atoms with Crippen LogP contribution in [0.1, 0.15) is 12.8 Å². The third-order valence-electron chi connectivity index (χ3n) is 2.83. The fourth-order valence-electron chi connectivity index (χ4n) is 1.77. The third kappa shape index (κ3) is 4.55. The second kappa shape index (κ2) is 7.56. The second-order valence-corrected chi connectivity index (χ2v) is 5.51. The molecule has 0 amide bonds. The SMILES string of the molecule is Clc1ccc(-c2ccc(OCCCCBr)cc2)cc1. The van der Waals surface area contributed by atoms with Crippen LogP contribution in [-0.4, -0.2) is 11.9 Å². The summed E-state index contributed by atoms with van der Waals surface area (Å²) in [5.74, 6) is 0.923. The van der Waals surface area contributed by atoms with Crippen molar-refractivity contribution < 1.29 is 4.74 Å². The fraction of sp³-hybridized carbons (Fsp3) is 0.250. The van der Waals surface area contributed by atoms with Crippen molar-refractivity contribution in [2.45, 2.75) is 12.8 Å². The van der Waals surface area contributed by atoms with E-state index in [-0.39, 0.29) is 0 Å². The number of rotatable bonds is 6. The van der Waals surface area contributed by atoms with Gasteiger partial charge in [0.25, 0.3) is 0 Å². The molecule has 2 aromatic carbocycles. The number of halogens is 2. The molecule has 0 aromatic heterocycles. The molecule has 2 rings (SSSR count). The highest BCUT2D eigenvalue weighted by Gasteiger charge is 1.99. The van der Waals surface area contributed by atoms with E-state index in [0.29, 0.717) is 0 Å². The Morgan fingerprint density at radius 1 is 0.842 bits per heavy atom. The summed E-state index contributed by atoms with van der Waals surface area (Å²) < 4.78 is 5.68. The maximum atomic E-state index is 5.88. The van der Waals surface area contributed by atoms with Gasteiger partial charge in [-0.2, -0.15) is 0 Å². The van der Waals surface area contributed by atoms with Crippen LogP contribution in [0.2, 0.25) is 5.02 Å². The van der Waals surface area contributed by atoms with Crippen molar-refractivity contribution in [1.82, 2.24) is 0 Å². The van der Waals surface area contributed by atoms with E-state index in [9.17, 15) is 0 Å². The number of unbranched alkanes of at least 4 members (excludes halogenated alkanes) is 1. The van der Waals surface area contributed by atoms with E-state index >= 15 is 0 Å². The van der Waals surface area contributed by atoms with Gasteiger partial charge in [0.15, 0.2) is 0 Å². The van der Waals surface area contributed by atoms with E-state index in [1.54, 1.807) is 0 Å². The first-order valence-electron chi connectivity index (χ1n) is 6.34. The van der Waals surface area contributed by atoms with Crippen molar-refractivity contribution >= 4 is 27.5 Å². The molecule has 0 spiro atoms. The lowest BCUT2D eigenvalue weighted by molar-refractivity contribution is 0.310. The van der Waals surface area contributed by atoms with Crippen molar-refractivity contribution in [3.8, 4) is 16.9 Å². The molecule has 0 saturated heterocycles. The Hall–Kier alpha value is -0.990. The summed E-state index contributed by atoms with van der Waals surface area (Å²) >= 11 is 9.30. The molecule has 0 aliphatic carbocycles. The Morgan fingerprint density at radius 2 is 1.42 bits per heavy atom. The summed E-state index contributed by atoms with van der Waals surface area (Å²) in [6, 6.07) is 16.0. The maximum Gasteiger partial charge on any atom is 0.119 e.